The van der Waals surface area contributed by atoms with Crippen molar-refractivity contribution in [2.24, 2.45) is 0 Å². The number of hydrogen-bond acceptors (Lipinski definition) is 4. The molecule has 5 nitrogen and oxygen atoms in total. The molecular formula is C11H16N2O3S. The molecule has 1 aromatic rings. The fourth-order valence-corrected chi connectivity index (χ4v) is 3.46. The minimum atomic E-state index is -3.57. The van der Waals surface area contributed by atoms with E-state index in [-0.39, 0.29) is 10.6 Å². The van der Waals surface area contributed by atoms with Crippen molar-refractivity contribution in [1.29, 1.82) is 0 Å². The van der Waals surface area contributed by atoms with Gasteiger partial charge < -0.3 is 10.4 Å². The van der Waals surface area contributed by atoms with Gasteiger partial charge in [-0.1, -0.05) is 6.07 Å². The van der Waals surface area contributed by atoms with Crippen LogP contribution in [0.2, 0.25) is 0 Å². The second kappa shape index (κ2) is 4.64. The number of nitrogens with zero attached hydrogens (tertiary/aromatic N) is 1. The zero-order valence-electron chi connectivity index (χ0n) is 9.68. The van der Waals surface area contributed by atoms with E-state index in [2.05, 4.69) is 5.32 Å². The molecular weight excluding hydrogens is 240 g/mol. The van der Waals surface area contributed by atoms with E-state index in [4.69, 9.17) is 0 Å². The lowest BCUT2D eigenvalue weighted by Crippen LogP contribution is -2.46. The number of phenolic OH excluding ortho intramolecular Hbond substituents is 1. The molecule has 94 valence electrons. The summed E-state index contributed by atoms with van der Waals surface area (Å²) < 4.78 is 26.0. The highest BCUT2D eigenvalue weighted by Crippen LogP contribution is 2.26. The largest absolute Gasteiger partial charge is 0.507 e. The Hall–Kier alpha value is -1.11. The number of aromatic hydroxyl groups is 1. The van der Waals surface area contributed by atoms with Crippen molar-refractivity contribution >= 4 is 10.0 Å². The maximum absolute atomic E-state index is 12.3. The van der Waals surface area contributed by atoms with E-state index in [1.165, 1.54) is 16.4 Å². The van der Waals surface area contributed by atoms with Crippen LogP contribution in [-0.2, 0) is 10.0 Å². The number of benzene rings is 1. The first-order chi connectivity index (χ1) is 8.01. The van der Waals surface area contributed by atoms with Crippen molar-refractivity contribution in [2.45, 2.75) is 11.8 Å². The van der Waals surface area contributed by atoms with Crippen molar-refractivity contribution in [2.75, 3.05) is 26.2 Å². The van der Waals surface area contributed by atoms with Gasteiger partial charge in [-0.2, -0.15) is 4.31 Å². The highest BCUT2D eigenvalue weighted by atomic mass is 32.2. The molecule has 1 heterocycles. The van der Waals surface area contributed by atoms with Gasteiger partial charge in [0, 0.05) is 26.2 Å². The molecule has 0 amide bonds. The predicted molar refractivity (Wildman–Crippen MR) is 64.5 cm³/mol. The lowest BCUT2D eigenvalue weighted by atomic mass is 10.2. The molecule has 0 aliphatic carbocycles. The molecule has 0 aromatic heterocycles. The molecule has 1 aliphatic rings. The van der Waals surface area contributed by atoms with Crippen LogP contribution in [0.5, 0.6) is 5.75 Å². The van der Waals surface area contributed by atoms with Crippen LogP contribution in [0, 0.1) is 6.92 Å². The third-order valence-electron chi connectivity index (χ3n) is 2.81. The van der Waals surface area contributed by atoms with E-state index in [0.717, 1.165) is 5.56 Å². The summed E-state index contributed by atoms with van der Waals surface area (Å²) in [4.78, 5) is -0.000556. The Morgan fingerprint density at radius 2 is 1.94 bits per heavy atom. The van der Waals surface area contributed by atoms with E-state index in [1.54, 1.807) is 13.0 Å². The second-order valence-corrected chi connectivity index (χ2v) is 6.03. The molecule has 2 N–H and O–H groups in total. The molecule has 17 heavy (non-hydrogen) atoms. The van der Waals surface area contributed by atoms with Crippen molar-refractivity contribution in [3.63, 3.8) is 0 Å². The minimum Gasteiger partial charge on any atom is -0.507 e. The quantitative estimate of drug-likeness (QED) is 0.798. The molecule has 1 saturated heterocycles. The summed E-state index contributed by atoms with van der Waals surface area (Å²) in [7, 11) is -3.57. The monoisotopic (exact) mass is 256 g/mol. The van der Waals surface area contributed by atoms with Gasteiger partial charge in [-0.05, 0) is 24.6 Å². The Bertz CT molecular complexity index is 507. The van der Waals surface area contributed by atoms with Crippen LogP contribution in [0.4, 0.5) is 0 Å². The third kappa shape index (κ3) is 2.43. The molecule has 0 saturated carbocycles. The van der Waals surface area contributed by atoms with Gasteiger partial charge in [-0.3, -0.25) is 0 Å². The topological polar surface area (TPSA) is 69.6 Å². The molecule has 1 aliphatic heterocycles. The van der Waals surface area contributed by atoms with Crippen LogP contribution < -0.4 is 5.32 Å². The minimum absolute atomic E-state index is 0.000556. The summed E-state index contributed by atoms with van der Waals surface area (Å²) in [6, 6.07) is 4.61. The van der Waals surface area contributed by atoms with Gasteiger partial charge in [0.15, 0.2) is 0 Å². The highest BCUT2D eigenvalue weighted by molar-refractivity contribution is 7.89. The summed E-state index contributed by atoms with van der Waals surface area (Å²) in [6.45, 7) is 3.97. The number of piperazine rings is 1. The molecule has 0 bridgehead atoms. The maximum Gasteiger partial charge on any atom is 0.246 e. The first kappa shape index (κ1) is 12.3. The lowest BCUT2D eigenvalue weighted by molar-refractivity contribution is 0.357. The van der Waals surface area contributed by atoms with E-state index in [1.807, 2.05) is 0 Å². The standard InChI is InChI=1S/C11H16N2O3S/c1-9-2-3-10(14)11(8-9)17(15,16)13-6-4-12-5-7-13/h2-3,8,12,14H,4-7H2,1H3. The zero-order chi connectivity index (χ0) is 12.5. The normalized spacial score (nSPS) is 18.2. The number of hydrogen-bond donors (Lipinski definition) is 2. The van der Waals surface area contributed by atoms with Gasteiger partial charge in [0.1, 0.15) is 10.6 Å². The summed E-state index contributed by atoms with van der Waals surface area (Å²) in [5.41, 5.74) is 0.816. The highest BCUT2D eigenvalue weighted by Gasteiger charge is 2.28. The lowest BCUT2D eigenvalue weighted by Gasteiger charge is -2.26. The van der Waals surface area contributed by atoms with Crippen LogP contribution in [0.15, 0.2) is 23.1 Å². The molecule has 0 atom stereocenters. The SMILES string of the molecule is Cc1ccc(O)c(S(=O)(=O)N2CCNCC2)c1. The van der Waals surface area contributed by atoms with E-state index in [0.29, 0.717) is 26.2 Å². The Morgan fingerprint density at radius 3 is 2.59 bits per heavy atom. The molecule has 0 radical (unpaired) electrons. The molecule has 2 rings (SSSR count). The third-order valence-corrected chi connectivity index (χ3v) is 4.74. The van der Waals surface area contributed by atoms with Gasteiger partial charge in [-0.25, -0.2) is 8.42 Å². The predicted octanol–water partition coefficient (Wildman–Crippen LogP) is 0.295. The van der Waals surface area contributed by atoms with Gasteiger partial charge in [0.25, 0.3) is 0 Å². The van der Waals surface area contributed by atoms with Crippen LogP contribution in [0.1, 0.15) is 5.56 Å². The van der Waals surface area contributed by atoms with E-state index >= 15 is 0 Å². The number of rotatable bonds is 2. The summed E-state index contributed by atoms with van der Waals surface area (Å²) in [6.07, 6.45) is 0. The van der Waals surface area contributed by atoms with E-state index < -0.39 is 10.0 Å². The van der Waals surface area contributed by atoms with Crippen LogP contribution in [-0.4, -0.2) is 44.0 Å². The fourth-order valence-electron chi connectivity index (χ4n) is 1.85. The maximum atomic E-state index is 12.3. The average molecular weight is 256 g/mol. The van der Waals surface area contributed by atoms with Crippen molar-refractivity contribution in [3.05, 3.63) is 23.8 Å². The smallest absolute Gasteiger partial charge is 0.246 e. The van der Waals surface area contributed by atoms with Crippen LogP contribution in [0.3, 0.4) is 0 Å². The van der Waals surface area contributed by atoms with Gasteiger partial charge in [0.2, 0.25) is 10.0 Å². The fraction of sp³-hybridized carbons (Fsp3) is 0.455. The Balaban J connectivity index is 2.40. The van der Waals surface area contributed by atoms with Crippen molar-refractivity contribution in [1.82, 2.24) is 9.62 Å². The average Bonchev–Trinajstić information content (AvgIpc) is 2.33. The first-order valence-corrected chi connectivity index (χ1v) is 6.96. The van der Waals surface area contributed by atoms with Gasteiger partial charge in [-0.15, -0.1) is 0 Å². The summed E-state index contributed by atoms with van der Waals surface area (Å²) >= 11 is 0. The van der Waals surface area contributed by atoms with Gasteiger partial charge >= 0.3 is 0 Å². The zero-order valence-corrected chi connectivity index (χ0v) is 10.5. The van der Waals surface area contributed by atoms with Crippen molar-refractivity contribution < 1.29 is 13.5 Å². The Kier molecular flexibility index (Phi) is 3.37. The molecule has 0 spiro atoms. The number of aryl methyl sites for hydroxylation is 1. The number of phenols is 1. The Labute approximate surface area is 101 Å². The van der Waals surface area contributed by atoms with Gasteiger partial charge in [0.05, 0.1) is 0 Å². The summed E-state index contributed by atoms with van der Waals surface area (Å²) in [5.74, 6) is -0.186. The number of sulfonamides is 1. The molecule has 1 aromatic carbocycles. The summed E-state index contributed by atoms with van der Waals surface area (Å²) in [5, 5.41) is 12.8. The van der Waals surface area contributed by atoms with Crippen LogP contribution >= 0.6 is 0 Å². The molecule has 6 heteroatoms. The van der Waals surface area contributed by atoms with Crippen molar-refractivity contribution in [3.8, 4) is 5.75 Å². The first-order valence-electron chi connectivity index (χ1n) is 5.52. The van der Waals surface area contributed by atoms with E-state index in [9.17, 15) is 13.5 Å². The second-order valence-electron chi connectivity index (χ2n) is 4.13. The number of nitrogens with one attached hydrogen (secondary N) is 1. The molecule has 0 unspecified atom stereocenters. The van der Waals surface area contributed by atoms with Crippen LogP contribution in [0.25, 0.3) is 0 Å². The molecule has 1 fully saturated rings. The Morgan fingerprint density at radius 1 is 1.29 bits per heavy atom.